The van der Waals surface area contributed by atoms with Crippen LogP contribution in [0.25, 0.3) is 0 Å². The first-order chi connectivity index (χ1) is 7.79. The summed E-state index contributed by atoms with van der Waals surface area (Å²) in [4.78, 5) is 0. The van der Waals surface area contributed by atoms with Crippen LogP contribution in [0.4, 0.5) is 0 Å². The number of aromatic nitrogens is 2. The Balaban J connectivity index is 2.07. The second kappa shape index (κ2) is 4.76. The molecule has 1 aliphatic rings. The largest absolute Gasteiger partial charge is 0.383 e. The highest BCUT2D eigenvalue weighted by atomic mass is 16.5. The molecule has 2 heterocycles. The van der Waals surface area contributed by atoms with Crippen molar-refractivity contribution in [3.63, 3.8) is 0 Å². The Kier molecular flexibility index (Phi) is 3.16. The van der Waals surface area contributed by atoms with Crippen LogP contribution in [-0.4, -0.2) is 29.2 Å². The molecule has 0 spiro atoms. The first-order valence-electron chi connectivity index (χ1n) is 5.02. The van der Waals surface area contributed by atoms with Crippen molar-refractivity contribution < 1.29 is 4.74 Å². The van der Waals surface area contributed by atoms with Gasteiger partial charge in [0.05, 0.1) is 25.1 Å². The van der Waals surface area contributed by atoms with Crippen LogP contribution in [0.2, 0.25) is 0 Å². The molecule has 0 fully saturated rings. The summed E-state index contributed by atoms with van der Waals surface area (Å²) in [6, 6.07) is 0. The third kappa shape index (κ3) is 2.38. The van der Waals surface area contributed by atoms with E-state index in [1.807, 2.05) is 23.0 Å². The topological polar surface area (TPSA) is 51.4 Å². The van der Waals surface area contributed by atoms with Gasteiger partial charge in [-0.3, -0.25) is 10.1 Å². The van der Waals surface area contributed by atoms with Crippen LogP contribution in [-0.2, 0) is 11.3 Å². The van der Waals surface area contributed by atoms with Crippen LogP contribution >= 0.6 is 0 Å². The number of rotatable bonds is 4. The van der Waals surface area contributed by atoms with E-state index in [0.29, 0.717) is 6.61 Å². The number of methoxy groups -OCH3 is 1. The van der Waals surface area contributed by atoms with Crippen LogP contribution in [0, 0.1) is 0 Å². The van der Waals surface area contributed by atoms with Crippen molar-refractivity contribution in [3.8, 4) is 0 Å². The van der Waals surface area contributed by atoms with E-state index in [0.717, 1.165) is 23.5 Å². The summed E-state index contributed by atoms with van der Waals surface area (Å²) < 4.78 is 6.82. The number of nitrogens with zero attached hydrogens (tertiary/aromatic N) is 3. The maximum Gasteiger partial charge on any atom is 0.0938 e. The predicted molar refractivity (Wildman–Crippen MR) is 62.1 cm³/mol. The second-order valence-corrected chi connectivity index (χ2v) is 3.45. The van der Waals surface area contributed by atoms with Crippen LogP contribution < -0.4 is 5.43 Å². The highest BCUT2D eigenvalue weighted by molar-refractivity contribution is 6.09. The number of hydrogen-bond donors (Lipinski definition) is 1. The van der Waals surface area contributed by atoms with E-state index in [4.69, 9.17) is 4.74 Å². The Morgan fingerprint density at radius 3 is 3.06 bits per heavy atom. The van der Waals surface area contributed by atoms with Crippen LogP contribution in [0.1, 0.15) is 5.56 Å². The van der Waals surface area contributed by atoms with E-state index in [-0.39, 0.29) is 0 Å². The Hall–Kier alpha value is -1.88. The van der Waals surface area contributed by atoms with Gasteiger partial charge in [0.1, 0.15) is 0 Å². The molecule has 84 valence electrons. The summed E-state index contributed by atoms with van der Waals surface area (Å²) >= 11 is 0. The fourth-order valence-corrected chi connectivity index (χ4v) is 1.35. The molecule has 5 nitrogen and oxygen atoms in total. The van der Waals surface area contributed by atoms with Gasteiger partial charge in [-0.1, -0.05) is 6.58 Å². The van der Waals surface area contributed by atoms with Gasteiger partial charge in [-0.05, 0) is 12.2 Å². The molecular weight excluding hydrogens is 204 g/mol. The first kappa shape index (κ1) is 10.6. The minimum atomic E-state index is 0.651. The standard InChI is InChI=1S/C11H14N4O/c1-9-3-4-11(14-13-9)10-7-12-15(8-10)5-6-16-2/h3-4,7-8,13H,1,5-6H2,2H3. The molecule has 0 atom stereocenters. The summed E-state index contributed by atoms with van der Waals surface area (Å²) in [6.45, 7) is 5.14. The summed E-state index contributed by atoms with van der Waals surface area (Å²) in [5, 5.41) is 8.39. The average Bonchev–Trinajstić information content (AvgIpc) is 2.76. The molecule has 0 amide bonds. The van der Waals surface area contributed by atoms with Crippen LogP contribution in [0.3, 0.4) is 0 Å². The van der Waals surface area contributed by atoms with Crippen LogP contribution in [0.5, 0.6) is 0 Å². The van der Waals surface area contributed by atoms with E-state index in [9.17, 15) is 0 Å². The Morgan fingerprint density at radius 1 is 1.50 bits per heavy atom. The zero-order chi connectivity index (χ0) is 11.4. The average molecular weight is 218 g/mol. The lowest BCUT2D eigenvalue weighted by molar-refractivity contribution is 0.183. The van der Waals surface area contributed by atoms with Crippen molar-refractivity contribution in [3.05, 3.63) is 42.4 Å². The molecule has 0 unspecified atom stereocenters. The summed E-state index contributed by atoms with van der Waals surface area (Å²) in [6.07, 6.45) is 7.53. The minimum absolute atomic E-state index is 0.651. The van der Waals surface area contributed by atoms with Gasteiger partial charge in [0.25, 0.3) is 0 Å². The minimum Gasteiger partial charge on any atom is -0.383 e. The van der Waals surface area contributed by atoms with Gasteiger partial charge in [0.15, 0.2) is 0 Å². The van der Waals surface area contributed by atoms with E-state index < -0.39 is 0 Å². The molecule has 1 aromatic heterocycles. The molecule has 16 heavy (non-hydrogen) atoms. The maximum atomic E-state index is 4.99. The van der Waals surface area contributed by atoms with Crippen molar-refractivity contribution in [1.82, 2.24) is 15.2 Å². The van der Waals surface area contributed by atoms with E-state index >= 15 is 0 Å². The summed E-state index contributed by atoms with van der Waals surface area (Å²) in [5.41, 5.74) is 5.45. The lowest BCUT2D eigenvalue weighted by Crippen LogP contribution is -2.12. The molecule has 5 heteroatoms. The quantitative estimate of drug-likeness (QED) is 0.817. The smallest absolute Gasteiger partial charge is 0.0938 e. The van der Waals surface area contributed by atoms with Gasteiger partial charge in [-0.25, -0.2) is 0 Å². The number of hydrogen-bond acceptors (Lipinski definition) is 4. The fourth-order valence-electron chi connectivity index (χ4n) is 1.35. The van der Waals surface area contributed by atoms with Crippen molar-refractivity contribution in [2.75, 3.05) is 13.7 Å². The summed E-state index contributed by atoms with van der Waals surface area (Å²) in [7, 11) is 1.67. The van der Waals surface area contributed by atoms with Gasteiger partial charge in [-0.15, -0.1) is 0 Å². The van der Waals surface area contributed by atoms with Gasteiger partial charge < -0.3 is 4.74 Å². The Labute approximate surface area is 94.1 Å². The highest BCUT2D eigenvalue weighted by Crippen LogP contribution is 2.06. The van der Waals surface area contributed by atoms with Crippen molar-refractivity contribution in [2.45, 2.75) is 6.54 Å². The zero-order valence-corrected chi connectivity index (χ0v) is 9.18. The van der Waals surface area contributed by atoms with Crippen molar-refractivity contribution in [1.29, 1.82) is 0 Å². The molecule has 0 radical (unpaired) electrons. The Bertz CT molecular complexity index is 445. The highest BCUT2D eigenvalue weighted by Gasteiger charge is 2.06. The molecule has 2 rings (SSSR count). The molecule has 1 aromatic rings. The SMILES string of the molecule is C=C1C=CC(c2cnn(CCOC)c2)=NN1. The normalized spacial score (nSPS) is 14.8. The lowest BCUT2D eigenvalue weighted by Gasteiger charge is -2.06. The molecule has 0 bridgehead atoms. The zero-order valence-electron chi connectivity index (χ0n) is 9.18. The maximum absolute atomic E-state index is 4.99. The van der Waals surface area contributed by atoms with Gasteiger partial charge in [0.2, 0.25) is 0 Å². The number of ether oxygens (including phenoxy) is 1. The molecule has 1 aliphatic heterocycles. The monoisotopic (exact) mass is 218 g/mol. The molecule has 0 saturated carbocycles. The van der Waals surface area contributed by atoms with E-state index in [1.165, 1.54) is 0 Å². The molecule has 1 N–H and O–H groups in total. The lowest BCUT2D eigenvalue weighted by atomic mass is 10.2. The predicted octanol–water partition coefficient (Wildman–Crippen LogP) is 0.907. The van der Waals surface area contributed by atoms with Crippen LogP contribution in [0.15, 0.2) is 41.9 Å². The number of allylic oxidation sites excluding steroid dienone is 2. The van der Waals surface area contributed by atoms with Gasteiger partial charge in [0, 0.05) is 24.6 Å². The van der Waals surface area contributed by atoms with E-state index in [2.05, 4.69) is 22.2 Å². The Morgan fingerprint density at radius 2 is 2.38 bits per heavy atom. The summed E-state index contributed by atoms with van der Waals surface area (Å²) in [5.74, 6) is 0. The molecule has 0 saturated heterocycles. The molecular formula is C11H14N4O. The molecule has 0 aliphatic carbocycles. The fraction of sp³-hybridized carbons (Fsp3) is 0.273. The first-order valence-corrected chi connectivity index (χ1v) is 5.02. The molecule has 0 aromatic carbocycles. The number of nitrogens with one attached hydrogen (secondary N) is 1. The van der Waals surface area contributed by atoms with E-state index in [1.54, 1.807) is 13.3 Å². The third-order valence-corrected chi connectivity index (χ3v) is 2.22. The van der Waals surface area contributed by atoms with Crippen molar-refractivity contribution >= 4 is 5.71 Å². The van der Waals surface area contributed by atoms with Gasteiger partial charge >= 0.3 is 0 Å². The number of hydrazone groups is 1. The second-order valence-electron chi connectivity index (χ2n) is 3.45. The van der Waals surface area contributed by atoms with Gasteiger partial charge in [-0.2, -0.15) is 10.2 Å². The third-order valence-electron chi connectivity index (χ3n) is 2.22. The van der Waals surface area contributed by atoms with Crippen molar-refractivity contribution in [2.24, 2.45) is 5.10 Å².